The van der Waals surface area contributed by atoms with E-state index in [1.54, 1.807) is 6.07 Å². The van der Waals surface area contributed by atoms with Crippen molar-refractivity contribution in [3.63, 3.8) is 0 Å². The van der Waals surface area contributed by atoms with Crippen LogP contribution in [0, 0.1) is 5.82 Å². The highest BCUT2D eigenvalue weighted by atomic mass is 79.9. The first-order valence-corrected chi connectivity index (χ1v) is 6.91. The van der Waals surface area contributed by atoms with E-state index in [2.05, 4.69) is 21.2 Å². The molecule has 0 radical (unpaired) electrons. The lowest BCUT2D eigenvalue weighted by Crippen LogP contribution is -2.32. The molecule has 1 aliphatic heterocycles. The summed E-state index contributed by atoms with van der Waals surface area (Å²) in [6.45, 7) is 2.03. The summed E-state index contributed by atoms with van der Waals surface area (Å²) in [4.78, 5) is 0. The number of rotatable bonds is 1. The van der Waals surface area contributed by atoms with E-state index in [-0.39, 0.29) is 18.0 Å². The minimum atomic E-state index is -0.241. The van der Waals surface area contributed by atoms with Crippen LogP contribution in [0.5, 0.6) is 5.75 Å². The lowest BCUT2D eigenvalue weighted by Gasteiger charge is -2.33. The van der Waals surface area contributed by atoms with Crippen LogP contribution in [0.2, 0.25) is 0 Å². The van der Waals surface area contributed by atoms with Gasteiger partial charge >= 0.3 is 0 Å². The van der Waals surface area contributed by atoms with Crippen LogP contribution in [0.1, 0.15) is 18.6 Å². The van der Waals surface area contributed by atoms with Crippen molar-refractivity contribution in [2.24, 2.45) is 0 Å². The third kappa shape index (κ3) is 2.45. The Morgan fingerprint density at radius 1 is 1.21 bits per heavy atom. The van der Waals surface area contributed by atoms with Crippen molar-refractivity contribution in [1.29, 1.82) is 0 Å². The summed E-state index contributed by atoms with van der Waals surface area (Å²) in [7, 11) is 0. The maximum absolute atomic E-state index is 13.3. The first kappa shape index (κ1) is 12.5. The molecule has 0 saturated carbocycles. The van der Waals surface area contributed by atoms with Crippen molar-refractivity contribution in [3.05, 3.63) is 58.3 Å². The fourth-order valence-electron chi connectivity index (χ4n) is 2.32. The Morgan fingerprint density at radius 3 is 2.84 bits per heavy atom. The van der Waals surface area contributed by atoms with Crippen molar-refractivity contribution in [3.8, 4) is 5.75 Å². The van der Waals surface area contributed by atoms with Crippen LogP contribution in [0.25, 0.3) is 0 Å². The molecule has 0 fully saturated rings. The Kier molecular flexibility index (Phi) is 3.19. The number of halogens is 2. The Labute approximate surface area is 119 Å². The Morgan fingerprint density at radius 2 is 2.05 bits per heavy atom. The second-order valence-corrected chi connectivity index (χ2v) is 5.58. The van der Waals surface area contributed by atoms with Gasteiger partial charge in [0.05, 0.1) is 11.7 Å². The van der Waals surface area contributed by atoms with Gasteiger partial charge in [-0.25, -0.2) is 4.39 Å². The molecule has 0 spiro atoms. The zero-order chi connectivity index (χ0) is 13.4. The van der Waals surface area contributed by atoms with Crippen LogP contribution < -0.4 is 10.1 Å². The van der Waals surface area contributed by atoms with Crippen LogP contribution in [0.4, 0.5) is 10.1 Å². The predicted octanol–water partition coefficient (Wildman–Crippen LogP) is 4.52. The molecular formula is C15H13BrFNO. The van der Waals surface area contributed by atoms with E-state index in [0.717, 1.165) is 21.5 Å². The minimum absolute atomic E-state index is 0.0728. The second-order valence-electron chi connectivity index (χ2n) is 4.67. The number of anilines is 1. The Bertz CT molecular complexity index is 617. The molecule has 2 nitrogen and oxygen atoms in total. The van der Waals surface area contributed by atoms with Gasteiger partial charge in [0.15, 0.2) is 0 Å². The van der Waals surface area contributed by atoms with Gasteiger partial charge in [-0.1, -0.05) is 28.1 Å². The number of hydrogen-bond donors (Lipinski definition) is 1. The minimum Gasteiger partial charge on any atom is -0.481 e. The van der Waals surface area contributed by atoms with Crippen molar-refractivity contribution in [1.82, 2.24) is 0 Å². The molecule has 2 unspecified atom stereocenters. The summed E-state index contributed by atoms with van der Waals surface area (Å²) in [6, 6.07) is 12.4. The molecule has 1 aliphatic rings. The highest BCUT2D eigenvalue weighted by Gasteiger charge is 2.27. The van der Waals surface area contributed by atoms with Gasteiger partial charge in [0.2, 0.25) is 0 Å². The van der Waals surface area contributed by atoms with Crippen LogP contribution in [-0.2, 0) is 0 Å². The largest absolute Gasteiger partial charge is 0.481 e. The van der Waals surface area contributed by atoms with Gasteiger partial charge in [-0.3, -0.25) is 0 Å². The first-order valence-electron chi connectivity index (χ1n) is 6.12. The van der Waals surface area contributed by atoms with Crippen LogP contribution in [0.15, 0.2) is 46.9 Å². The molecule has 4 heteroatoms. The summed E-state index contributed by atoms with van der Waals surface area (Å²) in [6.07, 6.45) is -0.190. The van der Waals surface area contributed by atoms with Gasteiger partial charge < -0.3 is 10.1 Å². The maximum atomic E-state index is 13.3. The second kappa shape index (κ2) is 4.85. The molecule has 0 bridgehead atoms. The van der Waals surface area contributed by atoms with E-state index in [1.165, 1.54) is 12.1 Å². The zero-order valence-electron chi connectivity index (χ0n) is 10.4. The Balaban J connectivity index is 1.95. The van der Waals surface area contributed by atoms with E-state index < -0.39 is 0 Å². The standard InChI is InChI=1S/C15H13BrFNO/c1-9-15(10-3-2-4-12(17)7-10)19-14-6-5-11(16)8-13(14)18-9/h2-9,15,18H,1H3. The SMILES string of the molecule is CC1Nc2cc(Br)ccc2OC1c1cccc(F)c1. The lowest BCUT2D eigenvalue weighted by atomic mass is 10.0. The number of ether oxygens (including phenoxy) is 1. The van der Waals surface area contributed by atoms with Crippen molar-refractivity contribution in [2.45, 2.75) is 19.1 Å². The molecule has 2 aromatic carbocycles. The highest BCUT2D eigenvalue weighted by molar-refractivity contribution is 9.10. The quantitative estimate of drug-likeness (QED) is 0.833. The first-order chi connectivity index (χ1) is 9.13. The molecule has 2 atom stereocenters. The molecule has 98 valence electrons. The van der Waals surface area contributed by atoms with E-state index >= 15 is 0 Å². The fraction of sp³-hybridized carbons (Fsp3) is 0.200. The summed E-state index contributed by atoms with van der Waals surface area (Å²) in [5, 5.41) is 3.39. The zero-order valence-corrected chi connectivity index (χ0v) is 11.9. The molecule has 1 N–H and O–H groups in total. The normalized spacial score (nSPS) is 21.2. The van der Waals surface area contributed by atoms with Gasteiger partial charge in [-0.2, -0.15) is 0 Å². The third-order valence-electron chi connectivity index (χ3n) is 3.21. The van der Waals surface area contributed by atoms with E-state index in [0.29, 0.717) is 0 Å². The van der Waals surface area contributed by atoms with Gasteiger partial charge in [0.25, 0.3) is 0 Å². The molecular weight excluding hydrogens is 309 g/mol. The summed E-state index contributed by atoms with van der Waals surface area (Å²) >= 11 is 3.43. The third-order valence-corrected chi connectivity index (χ3v) is 3.70. The summed E-state index contributed by atoms with van der Waals surface area (Å²) < 4.78 is 20.3. The number of benzene rings is 2. The van der Waals surface area contributed by atoms with Crippen molar-refractivity contribution < 1.29 is 9.13 Å². The molecule has 0 aromatic heterocycles. The number of fused-ring (bicyclic) bond motifs is 1. The number of hydrogen-bond acceptors (Lipinski definition) is 2. The van der Waals surface area contributed by atoms with E-state index in [9.17, 15) is 4.39 Å². The summed E-state index contributed by atoms with van der Waals surface area (Å²) in [5.74, 6) is 0.547. The smallest absolute Gasteiger partial charge is 0.144 e. The molecule has 2 aromatic rings. The molecule has 0 saturated heterocycles. The van der Waals surface area contributed by atoms with Crippen LogP contribution in [0.3, 0.4) is 0 Å². The molecule has 3 rings (SSSR count). The molecule has 19 heavy (non-hydrogen) atoms. The molecule has 0 aliphatic carbocycles. The average molecular weight is 322 g/mol. The summed E-state index contributed by atoms with van der Waals surface area (Å²) in [5.41, 5.74) is 1.79. The van der Waals surface area contributed by atoms with Crippen LogP contribution in [-0.4, -0.2) is 6.04 Å². The fourth-order valence-corrected chi connectivity index (χ4v) is 2.68. The van der Waals surface area contributed by atoms with E-state index in [1.807, 2.05) is 31.2 Å². The topological polar surface area (TPSA) is 21.3 Å². The Hall–Kier alpha value is -1.55. The van der Waals surface area contributed by atoms with Crippen LogP contribution >= 0.6 is 15.9 Å². The van der Waals surface area contributed by atoms with Crippen molar-refractivity contribution in [2.75, 3.05) is 5.32 Å². The molecule has 0 amide bonds. The average Bonchev–Trinajstić information content (AvgIpc) is 2.37. The highest BCUT2D eigenvalue weighted by Crippen LogP contribution is 2.38. The number of nitrogens with one attached hydrogen (secondary N) is 1. The lowest BCUT2D eigenvalue weighted by molar-refractivity contribution is 0.177. The van der Waals surface area contributed by atoms with Gasteiger partial charge in [0.1, 0.15) is 17.7 Å². The van der Waals surface area contributed by atoms with Crippen molar-refractivity contribution >= 4 is 21.6 Å². The van der Waals surface area contributed by atoms with E-state index in [4.69, 9.17) is 4.74 Å². The van der Waals surface area contributed by atoms with Gasteiger partial charge in [-0.05, 0) is 42.8 Å². The molecule has 1 heterocycles. The monoisotopic (exact) mass is 321 g/mol. The van der Waals surface area contributed by atoms with Gasteiger partial charge in [-0.15, -0.1) is 0 Å². The predicted molar refractivity (Wildman–Crippen MR) is 77.0 cm³/mol. The van der Waals surface area contributed by atoms with Gasteiger partial charge in [0, 0.05) is 4.47 Å². The maximum Gasteiger partial charge on any atom is 0.144 e.